The van der Waals surface area contributed by atoms with Gasteiger partial charge in [0.05, 0.1) is 12.8 Å². The van der Waals surface area contributed by atoms with E-state index in [2.05, 4.69) is 25.9 Å². The molecule has 37 heavy (non-hydrogen) atoms. The van der Waals surface area contributed by atoms with Crippen LogP contribution < -0.4 is 25.6 Å². The molecule has 194 valence electrons. The van der Waals surface area contributed by atoms with Crippen molar-refractivity contribution in [2.45, 2.75) is 32.7 Å². The van der Waals surface area contributed by atoms with Gasteiger partial charge in [-0.05, 0) is 68.1 Å². The Morgan fingerprint density at radius 3 is 2.59 bits per heavy atom. The summed E-state index contributed by atoms with van der Waals surface area (Å²) in [5.41, 5.74) is 3.47. The normalized spacial score (nSPS) is 15.0. The monoisotopic (exact) mass is 508 g/mol. The van der Waals surface area contributed by atoms with E-state index in [1.54, 1.807) is 24.5 Å². The second-order valence-electron chi connectivity index (χ2n) is 8.95. The van der Waals surface area contributed by atoms with Crippen molar-refractivity contribution in [3.05, 3.63) is 82.9 Å². The molecule has 0 aliphatic carbocycles. The summed E-state index contributed by atoms with van der Waals surface area (Å²) in [5, 5.41) is 8.86. The number of allylic oxidation sites excluding steroid dienone is 1. The van der Waals surface area contributed by atoms with Gasteiger partial charge in [0.2, 0.25) is 5.95 Å². The van der Waals surface area contributed by atoms with Crippen LogP contribution in [0.2, 0.25) is 0 Å². The summed E-state index contributed by atoms with van der Waals surface area (Å²) in [6.45, 7) is 4.67. The van der Waals surface area contributed by atoms with Crippen molar-refractivity contribution < 1.29 is 18.3 Å². The predicted molar refractivity (Wildman–Crippen MR) is 139 cm³/mol. The third kappa shape index (κ3) is 6.14. The zero-order chi connectivity index (χ0) is 26.5. The SMILES string of the molecule is CNC(=O)c1cc(CCc2cnc(Nc3ccc(N4C=C(C)N[C@@H](C)C4)c(F)c3)nc2)c(F)c(OC)c1. The van der Waals surface area contributed by atoms with E-state index in [9.17, 15) is 13.6 Å². The maximum atomic E-state index is 14.9. The Morgan fingerprint density at radius 1 is 1.19 bits per heavy atom. The molecule has 4 rings (SSSR count). The number of rotatable bonds is 8. The number of carbonyl (C=O) groups is 1. The van der Waals surface area contributed by atoms with Crippen molar-refractivity contribution in [3.63, 3.8) is 0 Å². The number of hydrogen-bond acceptors (Lipinski definition) is 7. The molecule has 0 radical (unpaired) electrons. The molecule has 2 aromatic carbocycles. The second-order valence-corrected chi connectivity index (χ2v) is 8.95. The van der Waals surface area contributed by atoms with Crippen LogP contribution in [-0.2, 0) is 12.8 Å². The summed E-state index contributed by atoms with van der Waals surface area (Å²) < 4.78 is 34.7. The first-order valence-corrected chi connectivity index (χ1v) is 11.9. The average molecular weight is 509 g/mol. The van der Waals surface area contributed by atoms with Gasteiger partial charge in [-0.2, -0.15) is 0 Å². The summed E-state index contributed by atoms with van der Waals surface area (Å²) in [5.74, 6) is -0.839. The van der Waals surface area contributed by atoms with Crippen LogP contribution in [0.4, 0.5) is 26.1 Å². The van der Waals surface area contributed by atoms with Crippen LogP contribution in [0.1, 0.15) is 35.3 Å². The predicted octanol–water partition coefficient (Wildman–Crippen LogP) is 4.31. The average Bonchev–Trinajstić information content (AvgIpc) is 2.88. The molecule has 0 saturated heterocycles. The van der Waals surface area contributed by atoms with Crippen molar-refractivity contribution in [3.8, 4) is 5.75 Å². The topological polar surface area (TPSA) is 91.4 Å². The fraction of sp³-hybridized carbons (Fsp3) is 0.296. The van der Waals surface area contributed by atoms with Gasteiger partial charge in [0.1, 0.15) is 5.82 Å². The summed E-state index contributed by atoms with van der Waals surface area (Å²) in [7, 11) is 2.87. The van der Waals surface area contributed by atoms with Crippen molar-refractivity contribution >= 4 is 23.2 Å². The molecule has 0 spiro atoms. The van der Waals surface area contributed by atoms with E-state index in [-0.39, 0.29) is 23.5 Å². The number of aryl methyl sites for hydroxylation is 2. The first-order valence-electron chi connectivity index (χ1n) is 11.9. The molecule has 0 bridgehead atoms. The van der Waals surface area contributed by atoms with Gasteiger partial charge in [0, 0.05) is 55.2 Å². The van der Waals surface area contributed by atoms with E-state index < -0.39 is 5.82 Å². The summed E-state index contributed by atoms with van der Waals surface area (Å²) in [6, 6.07) is 8.03. The number of amides is 1. The number of aromatic nitrogens is 2. The van der Waals surface area contributed by atoms with E-state index in [1.807, 2.05) is 24.9 Å². The third-order valence-electron chi connectivity index (χ3n) is 6.02. The fourth-order valence-electron chi connectivity index (χ4n) is 4.26. The van der Waals surface area contributed by atoms with E-state index in [0.717, 1.165) is 11.3 Å². The van der Waals surface area contributed by atoms with Gasteiger partial charge >= 0.3 is 0 Å². The lowest BCUT2D eigenvalue weighted by Crippen LogP contribution is -2.41. The van der Waals surface area contributed by atoms with Crippen molar-refractivity contribution in [1.29, 1.82) is 0 Å². The van der Waals surface area contributed by atoms with E-state index >= 15 is 0 Å². The van der Waals surface area contributed by atoms with Crippen LogP contribution in [-0.4, -0.2) is 42.6 Å². The molecule has 8 nitrogen and oxygen atoms in total. The molecule has 0 fully saturated rings. The van der Waals surface area contributed by atoms with Gasteiger partial charge in [-0.25, -0.2) is 18.7 Å². The molecule has 3 N–H and O–H groups in total. The Balaban J connectivity index is 1.41. The van der Waals surface area contributed by atoms with Crippen molar-refractivity contribution in [2.75, 3.05) is 30.9 Å². The molecule has 3 aromatic rings. The molecule has 1 aromatic heterocycles. The van der Waals surface area contributed by atoms with Crippen LogP contribution in [0.3, 0.4) is 0 Å². The number of nitrogens with zero attached hydrogens (tertiary/aromatic N) is 3. The lowest BCUT2D eigenvalue weighted by Gasteiger charge is -2.31. The highest BCUT2D eigenvalue weighted by molar-refractivity contribution is 5.94. The lowest BCUT2D eigenvalue weighted by molar-refractivity contribution is 0.0962. The summed E-state index contributed by atoms with van der Waals surface area (Å²) >= 11 is 0. The van der Waals surface area contributed by atoms with E-state index in [0.29, 0.717) is 47.8 Å². The molecule has 10 heteroatoms. The molecule has 1 atom stereocenters. The molecule has 2 heterocycles. The van der Waals surface area contributed by atoms with Gasteiger partial charge < -0.3 is 25.6 Å². The zero-order valence-corrected chi connectivity index (χ0v) is 21.2. The Labute approximate surface area is 214 Å². The number of carbonyl (C=O) groups excluding carboxylic acids is 1. The minimum atomic E-state index is -0.499. The zero-order valence-electron chi connectivity index (χ0n) is 21.2. The Kier molecular flexibility index (Phi) is 7.86. The first kappa shape index (κ1) is 25.9. The molecule has 1 aliphatic heterocycles. The molecule has 1 aliphatic rings. The van der Waals surface area contributed by atoms with Crippen LogP contribution in [0.5, 0.6) is 5.75 Å². The Bertz CT molecular complexity index is 1310. The van der Waals surface area contributed by atoms with Crippen LogP contribution >= 0.6 is 0 Å². The fourth-order valence-corrected chi connectivity index (χ4v) is 4.26. The largest absolute Gasteiger partial charge is 0.494 e. The molecule has 0 unspecified atom stereocenters. The van der Waals surface area contributed by atoms with Crippen LogP contribution in [0.15, 0.2) is 54.6 Å². The van der Waals surface area contributed by atoms with Gasteiger partial charge in [0.15, 0.2) is 11.6 Å². The summed E-state index contributed by atoms with van der Waals surface area (Å²) in [6.07, 6.45) is 5.94. The minimum absolute atomic E-state index is 0.0165. The lowest BCUT2D eigenvalue weighted by atomic mass is 10.0. The van der Waals surface area contributed by atoms with Gasteiger partial charge in [-0.15, -0.1) is 0 Å². The highest BCUT2D eigenvalue weighted by atomic mass is 19.1. The second kappa shape index (κ2) is 11.2. The smallest absolute Gasteiger partial charge is 0.251 e. The highest BCUT2D eigenvalue weighted by Crippen LogP contribution is 2.27. The molecular formula is C27H30F2N6O2. The van der Waals surface area contributed by atoms with Gasteiger partial charge in [-0.3, -0.25) is 4.79 Å². The Morgan fingerprint density at radius 2 is 1.95 bits per heavy atom. The molecule has 1 amide bonds. The number of anilines is 3. The first-order chi connectivity index (χ1) is 17.8. The van der Waals surface area contributed by atoms with Gasteiger partial charge in [0.25, 0.3) is 5.91 Å². The van der Waals surface area contributed by atoms with E-state index in [4.69, 9.17) is 4.74 Å². The number of ether oxygens (including phenoxy) is 1. The maximum absolute atomic E-state index is 14.9. The quantitative estimate of drug-likeness (QED) is 0.418. The van der Waals surface area contributed by atoms with E-state index in [1.165, 1.54) is 32.4 Å². The minimum Gasteiger partial charge on any atom is -0.494 e. The third-order valence-corrected chi connectivity index (χ3v) is 6.02. The summed E-state index contributed by atoms with van der Waals surface area (Å²) in [4.78, 5) is 22.5. The number of nitrogens with one attached hydrogen (secondary N) is 3. The van der Waals surface area contributed by atoms with Crippen LogP contribution in [0, 0.1) is 11.6 Å². The van der Waals surface area contributed by atoms with Crippen molar-refractivity contribution in [2.24, 2.45) is 0 Å². The van der Waals surface area contributed by atoms with Crippen LogP contribution in [0.25, 0.3) is 0 Å². The molecule has 0 saturated carbocycles. The number of methoxy groups -OCH3 is 1. The number of halogens is 2. The highest BCUT2D eigenvalue weighted by Gasteiger charge is 2.18. The maximum Gasteiger partial charge on any atom is 0.251 e. The molecular weight excluding hydrogens is 478 g/mol. The number of benzene rings is 2. The Hall–Kier alpha value is -4.21. The van der Waals surface area contributed by atoms with Gasteiger partial charge in [-0.1, -0.05) is 0 Å². The number of hydrogen-bond donors (Lipinski definition) is 3. The van der Waals surface area contributed by atoms with Crippen molar-refractivity contribution in [1.82, 2.24) is 20.6 Å². The standard InChI is InChI=1S/C27H30F2N6O2/c1-16-14-35(15-17(2)33-16)23-8-7-21(11-22(23)28)34-27-31-12-18(13-32-27)5-6-19-9-20(26(36)30-3)10-24(37-4)25(19)29/h7-14,17,33H,5-6,15H2,1-4H3,(H,30,36)(H,31,32,34)/t17-/m0/s1.